The minimum Gasteiger partial charge on any atom is -0.455 e. The second-order valence-corrected chi connectivity index (χ2v) is 14.5. The van der Waals surface area contributed by atoms with Crippen molar-refractivity contribution in [1.82, 2.24) is 4.90 Å². The Bertz CT molecular complexity index is 1360. The molecule has 3 N–H and O–H groups in total. The first kappa shape index (κ1) is 32.4. The molecule has 15 atom stereocenters. The second-order valence-electron chi connectivity index (χ2n) is 14.5. The van der Waals surface area contributed by atoms with Gasteiger partial charge in [0, 0.05) is 76.5 Å². The molecule has 6 aliphatic rings. The van der Waals surface area contributed by atoms with Crippen LogP contribution in [0, 0.1) is 34.5 Å². The number of esters is 2. The number of hydrogen-bond acceptors (Lipinski definition) is 12. The van der Waals surface area contributed by atoms with Crippen molar-refractivity contribution in [2.24, 2.45) is 34.5 Å². The van der Waals surface area contributed by atoms with Crippen LogP contribution in [0.5, 0.6) is 0 Å². The van der Waals surface area contributed by atoms with E-state index in [9.17, 15) is 24.9 Å². The van der Waals surface area contributed by atoms with E-state index in [1.165, 1.54) is 14.0 Å². The third kappa shape index (κ3) is 3.67. The predicted molar refractivity (Wildman–Crippen MR) is 160 cm³/mol. The van der Waals surface area contributed by atoms with E-state index in [-0.39, 0.29) is 12.3 Å². The lowest BCUT2D eigenvalue weighted by molar-refractivity contribution is -0.323. The Kier molecular flexibility index (Phi) is 7.69. The molecule has 1 spiro atoms. The molecule has 7 rings (SSSR count). The van der Waals surface area contributed by atoms with Crippen LogP contribution in [0.1, 0.15) is 37.0 Å². The average molecular weight is 646 g/mol. The molecule has 7 bridgehead atoms. The average Bonchev–Trinajstić information content (AvgIpc) is 3.40. The van der Waals surface area contributed by atoms with E-state index in [0.29, 0.717) is 31.7 Å². The zero-order valence-electron chi connectivity index (χ0n) is 27.3. The van der Waals surface area contributed by atoms with Gasteiger partial charge >= 0.3 is 11.9 Å². The van der Waals surface area contributed by atoms with Gasteiger partial charge in [0.2, 0.25) is 0 Å². The highest BCUT2D eigenvalue weighted by Crippen LogP contribution is 2.80. The minimum atomic E-state index is -1.85. The molecule has 0 amide bonds. The molecule has 5 aliphatic carbocycles. The summed E-state index contributed by atoms with van der Waals surface area (Å²) in [6.07, 6.45) is -5.70. The van der Waals surface area contributed by atoms with Crippen molar-refractivity contribution in [2.45, 2.75) is 80.6 Å². The normalized spacial score (nSPS) is 49.9. The van der Waals surface area contributed by atoms with Crippen molar-refractivity contribution in [2.75, 3.05) is 48.1 Å². The van der Waals surface area contributed by atoms with E-state index in [0.717, 1.165) is 0 Å². The molecular weight excluding hydrogens is 598 g/mol. The molecular formula is C34H47NO11. The van der Waals surface area contributed by atoms with E-state index < -0.39 is 94.4 Å². The molecule has 12 nitrogen and oxygen atoms in total. The molecule has 254 valence electrons. The summed E-state index contributed by atoms with van der Waals surface area (Å²) in [6, 6.07) is 8.11. The maximum Gasteiger partial charge on any atom is 0.338 e. The number of carbonyl (C=O) groups is 2. The lowest BCUT2D eigenvalue weighted by atomic mass is 9.42. The highest BCUT2D eigenvalue weighted by atomic mass is 16.6. The Balaban J connectivity index is 1.53. The molecule has 12 heteroatoms. The van der Waals surface area contributed by atoms with Crippen molar-refractivity contribution >= 4 is 11.9 Å². The maximum absolute atomic E-state index is 13.8. The molecule has 6 fully saturated rings. The van der Waals surface area contributed by atoms with Crippen LogP contribution in [-0.2, 0) is 33.2 Å². The Morgan fingerprint density at radius 3 is 2.24 bits per heavy atom. The van der Waals surface area contributed by atoms with Gasteiger partial charge in [-0.2, -0.15) is 0 Å². The van der Waals surface area contributed by atoms with Gasteiger partial charge in [-0.25, -0.2) is 4.79 Å². The summed E-state index contributed by atoms with van der Waals surface area (Å²) in [5, 5.41) is 37.2. The van der Waals surface area contributed by atoms with Gasteiger partial charge in [0.1, 0.15) is 23.9 Å². The highest BCUT2D eigenvalue weighted by Gasteiger charge is 2.92. The Morgan fingerprint density at radius 2 is 1.65 bits per heavy atom. The van der Waals surface area contributed by atoms with Gasteiger partial charge in [-0.05, 0) is 37.4 Å². The fourth-order valence-corrected chi connectivity index (χ4v) is 12.5. The molecule has 1 aliphatic heterocycles. The van der Waals surface area contributed by atoms with Crippen molar-refractivity contribution in [3.63, 3.8) is 0 Å². The van der Waals surface area contributed by atoms with Crippen LogP contribution >= 0.6 is 0 Å². The predicted octanol–water partition coefficient (Wildman–Crippen LogP) is 0.648. The van der Waals surface area contributed by atoms with Crippen molar-refractivity contribution in [1.29, 1.82) is 0 Å². The summed E-state index contributed by atoms with van der Waals surface area (Å²) in [6.45, 7) is 4.91. The van der Waals surface area contributed by atoms with Gasteiger partial charge in [-0.1, -0.05) is 25.1 Å². The molecule has 1 heterocycles. The number of benzene rings is 1. The number of aliphatic hydroxyl groups is 3. The fourth-order valence-electron chi connectivity index (χ4n) is 12.5. The standard InChI is InChI=1S/C34H47NO11/c1-7-35-15-31(16-41-3)14-20(37)27(43-5)33-19-13-32(40)28(45-30(39)18-11-9-8-10-12-18)21(19)34(46-17(2)36,26(38)29(32)44-6)22(25(33)35)23(42-4)24(31)33/h8-12,19-29,37-38,40H,7,13-16H2,1-6H3. The Morgan fingerprint density at radius 1 is 0.957 bits per heavy atom. The molecule has 0 radical (unpaired) electrons. The third-order valence-electron chi connectivity index (χ3n) is 13.0. The first-order valence-corrected chi connectivity index (χ1v) is 16.3. The summed E-state index contributed by atoms with van der Waals surface area (Å²) in [5.41, 5.74) is -4.71. The van der Waals surface area contributed by atoms with E-state index in [1.54, 1.807) is 51.7 Å². The van der Waals surface area contributed by atoms with Crippen molar-refractivity contribution < 1.29 is 53.3 Å². The number of methoxy groups -OCH3 is 4. The van der Waals surface area contributed by atoms with E-state index in [1.807, 2.05) is 0 Å². The summed E-state index contributed by atoms with van der Waals surface area (Å²) >= 11 is 0. The summed E-state index contributed by atoms with van der Waals surface area (Å²) in [4.78, 5) is 29.3. The molecule has 1 aromatic carbocycles. The highest BCUT2D eigenvalue weighted by molar-refractivity contribution is 5.89. The number of hydrogen-bond donors (Lipinski definition) is 3. The van der Waals surface area contributed by atoms with Crippen LogP contribution < -0.4 is 0 Å². The minimum absolute atomic E-state index is 0.0480. The number of ether oxygens (including phenoxy) is 6. The van der Waals surface area contributed by atoms with Crippen molar-refractivity contribution in [3.8, 4) is 0 Å². The first-order chi connectivity index (χ1) is 22.0. The van der Waals surface area contributed by atoms with Crippen LogP contribution in [0.4, 0.5) is 0 Å². The molecule has 0 aromatic heterocycles. The number of carbonyl (C=O) groups excluding carboxylic acids is 2. The van der Waals surface area contributed by atoms with Gasteiger partial charge in [0.15, 0.2) is 5.60 Å². The molecule has 1 saturated heterocycles. The lowest BCUT2D eigenvalue weighted by Gasteiger charge is -2.70. The van der Waals surface area contributed by atoms with Crippen LogP contribution in [0.15, 0.2) is 30.3 Å². The first-order valence-electron chi connectivity index (χ1n) is 16.3. The van der Waals surface area contributed by atoms with Gasteiger partial charge in [0.25, 0.3) is 0 Å². The van der Waals surface area contributed by atoms with Crippen molar-refractivity contribution in [3.05, 3.63) is 35.9 Å². The zero-order valence-corrected chi connectivity index (χ0v) is 27.3. The van der Waals surface area contributed by atoms with E-state index in [2.05, 4.69) is 11.8 Å². The summed E-state index contributed by atoms with van der Waals surface area (Å²) in [7, 11) is 6.26. The Hall–Kier alpha value is -2.16. The quantitative estimate of drug-likeness (QED) is 0.323. The number of rotatable bonds is 9. The number of piperidine rings is 1. The van der Waals surface area contributed by atoms with E-state index >= 15 is 0 Å². The maximum atomic E-state index is 13.8. The van der Waals surface area contributed by atoms with Gasteiger partial charge < -0.3 is 43.7 Å². The van der Waals surface area contributed by atoms with Gasteiger partial charge in [-0.3, -0.25) is 9.69 Å². The SMILES string of the molecule is CCN1CC2(COC)CC(O)C(OC)C34C5CC6(O)C(OC)C(O)C(OC(C)=O)(C5C6OC(=O)c5ccccc5)C(C(OC)C23)C14. The molecule has 46 heavy (non-hydrogen) atoms. The number of fused-ring (bicyclic) bond motifs is 2. The topological polar surface area (TPSA) is 153 Å². The third-order valence-corrected chi connectivity index (χ3v) is 13.0. The largest absolute Gasteiger partial charge is 0.455 e. The molecule has 15 unspecified atom stereocenters. The van der Waals surface area contributed by atoms with Crippen LogP contribution in [-0.4, -0.2) is 134 Å². The van der Waals surface area contributed by atoms with Gasteiger partial charge in [-0.15, -0.1) is 0 Å². The monoisotopic (exact) mass is 645 g/mol. The Labute approximate surface area is 269 Å². The van der Waals surface area contributed by atoms with Crippen LogP contribution in [0.25, 0.3) is 0 Å². The zero-order chi connectivity index (χ0) is 33.0. The molecule has 5 saturated carbocycles. The second kappa shape index (κ2) is 10.9. The van der Waals surface area contributed by atoms with Crippen LogP contribution in [0.3, 0.4) is 0 Å². The molecule has 1 aromatic rings. The van der Waals surface area contributed by atoms with Crippen LogP contribution in [0.2, 0.25) is 0 Å². The smallest absolute Gasteiger partial charge is 0.338 e. The van der Waals surface area contributed by atoms with Gasteiger partial charge in [0.05, 0.1) is 30.5 Å². The summed E-state index contributed by atoms with van der Waals surface area (Å²) < 4.78 is 37.4. The number of likely N-dealkylation sites (tertiary alicyclic amines) is 1. The van der Waals surface area contributed by atoms with E-state index in [4.69, 9.17) is 28.4 Å². The number of aliphatic hydroxyl groups excluding tert-OH is 2. The number of nitrogens with zero attached hydrogens (tertiary/aromatic N) is 1. The lowest BCUT2D eigenvalue weighted by Crippen LogP contribution is -2.81. The fraction of sp³-hybridized carbons (Fsp3) is 0.765. The summed E-state index contributed by atoms with van der Waals surface area (Å²) in [5.74, 6) is -3.65.